The van der Waals surface area contributed by atoms with Gasteiger partial charge in [0.25, 0.3) is 5.91 Å². The molecule has 0 bridgehead atoms. The number of hydrogen-bond acceptors (Lipinski definition) is 3. The van der Waals surface area contributed by atoms with E-state index < -0.39 is 17.7 Å². The highest BCUT2D eigenvalue weighted by atomic mass is 19.1. The van der Waals surface area contributed by atoms with Crippen molar-refractivity contribution in [2.75, 3.05) is 19.6 Å². The number of carbonyl (C=O) groups is 3. The average Bonchev–Trinajstić information content (AvgIpc) is 2.55. The van der Waals surface area contributed by atoms with Gasteiger partial charge in [0, 0.05) is 31.6 Å². The molecule has 0 spiro atoms. The summed E-state index contributed by atoms with van der Waals surface area (Å²) in [6, 6.07) is 5.13. The molecule has 1 aromatic carbocycles. The third-order valence-corrected chi connectivity index (χ3v) is 3.85. The summed E-state index contributed by atoms with van der Waals surface area (Å²) in [5.74, 6) is -2.36. The van der Waals surface area contributed by atoms with E-state index in [9.17, 15) is 18.8 Å². The van der Waals surface area contributed by atoms with Crippen molar-refractivity contribution in [2.24, 2.45) is 5.92 Å². The fourth-order valence-electron chi connectivity index (χ4n) is 2.55. The molecule has 0 radical (unpaired) electrons. The van der Waals surface area contributed by atoms with Crippen LogP contribution >= 0.6 is 0 Å². The highest BCUT2D eigenvalue weighted by molar-refractivity contribution is 5.94. The summed E-state index contributed by atoms with van der Waals surface area (Å²) in [5, 5.41) is 11.6. The van der Waals surface area contributed by atoms with Gasteiger partial charge in [0.1, 0.15) is 5.82 Å². The van der Waals surface area contributed by atoms with Crippen molar-refractivity contribution in [3.05, 3.63) is 35.6 Å². The SMILES string of the molecule is O=C(NCCC(=O)N1CCC[C@H](C(=O)O)C1)c1ccc(F)cc1. The normalized spacial score (nSPS) is 17.6. The van der Waals surface area contributed by atoms with E-state index in [-0.39, 0.29) is 31.3 Å². The standard InChI is InChI=1S/C16H19FN2O4/c17-13-5-3-11(4-6-13)15(21)18-8-7-14(20)19-9-1-2-12(10-19)16(22)23/h3-6,12H,1-2,7-10H2,(H,18,21)(H,22,23)/t12-/m0/s1. The molecule has 0 saturated carbocycles. The van der Waals surface area contributed by atoms with Crippen LogP contribution in [0.25, 0.3) is 0 Å². The van der Waals surface area contributed by atoms with E-state index in [1.807, 2.05) is 0 Å². The van der Waals surface area contributed by atoms with Crippen LogP contribution in [0.15, 0.2) is 24.3 Å². The lowest BCUT2D eigenvalue weighted by Gasteiger charge is -2.30. The van der Waals surface area contributed by atoms with Gasteiger partial charge in [-0.15, -0.1) is 0 Å². The molecule has 2 amide bonds. The molecule has 124 valence electrons. The van der Waals surface area contributed by atoms with E-state index in [4.69, 9.17) is 5.11 Å². The zero-order valence-electron chi connectivity index (χ0n) is 12.6. The predicted octanol–water partition coefficient (Wildman–Crippen LogP) is 1.27. The lowest BCUT2D eigenvalue weighted by molar-refractivity contribution is -0.145. The Morgan fingerprint density at radius 2 is 1.96 bits per heavy atom. The maximum atomic E-state index is 12.8. The molecule has 6 nitrogen and oxygen atoms in total. The summed E-state index contributed by atoms with van der Waals surface area (Å²) in [6.07, 6.45) is 1.37. The summed E-state index contributed by atoms with van der Waals surface area (Å²) in [4.78, 5) is 36.4. The molecule has 7 heteroatoms. The second-order valence-electron chi connectivity index (χ2n) is 5.53. The third-order valence-electron chi connectivity index (χ3n) is 3.85. The minimum absolute atomic E-state index is 0.110. The number of amides is 2. The number of benzene rings is 1. The zero-order chi connectivity index (χ0) is 16.8. The quantitative estimate of drug-likeness (QED) is 0.855. The number of halogens is 1. The van der Waals surface area contributed by atoms with E-state index >= 15 is 0 Å². The molecule has 1 saturated heterocycles. The smallest absolute Gasteiger partial charge is 0.308 e. The lowest BCUT2D eigenvalue weighted by atomic mass is 9.98. The number of carboxylic acid groups (broad SMARTS) is 1. The van der Waals surface area contributed by atoms with Crippen LogP contribution in [0, 0.1) is 11.7 Å². The molecule has 0 aliphatic carbocycles. The van der Waals surface area contributed by atoms with E-state index in [1.54, 1.807) is 0 Å². The molecule has 1 atom stereocenters. The Labute approximate surface area is 133 Å². The highest BCUT2D eigenvalue weighted by Gasteiger charge is 2.27. The first-order chi connectivity index (χ1) is 11.0. The van der Waals surface area contributed by atoms with Crippen LogP contribution in [-0.4, -0.2) is 47.4 Å². The monoisotopic (exact) mass is 322 g/mol. The van der Waals surface area contributed by atoms with Gasteiger partial charge >= 0.3 is 5.97 Å². The van der Waals surface area contributed by atoms with Crippen molar-refractivity contribution in [1.82, 2.24) is 10.2 Å². The molecule has 1 aliphatic rings. The fourth-order valence-corrected chi connectivity index (χ4v) is 2.55. The maximum Gasteiger partial charge on any atom is 0.308 e. The maximum absolute atomic E-state index is 12.8. The minimum atomic E-state index is -0.882. The van der Waals surface area contributed by atoms with Crippen LogP contribution in [0.2, 0.25) is 0 Å². The van der Waals surface area contributed by atoms with Gasteiger partial charge in [-0.05, 0) is 37.1 Å². The Kier molecular flexibility index (Phi) is 5.67. The topological polar surface area (TPSA) is 86.7 Å². The molecule has 0 aromatic heterocycles. The Morgan fingerprint density at radius 1 is 1.26 bits per heavy atom. The second-order valence-corrected chi connectivity index (χ2v) is 5.53. The summed E-state index contributed by atoms with van der Waals surface area (Å²) < 4.78 is 12.8. The Morgan fingerprint density at radius 3 is 2.61 bits per heavy atom. The van der Waals surface area contributed by atoms with Crippen LogP contribution in [0.3, 0.4) is 0 Å². The number of hydrogen-bond donors (Lipinski definition) is 2. The highest BCUT2D eigenvalue weighted by Crippen LogP contribution is 2.17. The number of nitrogens with one attached hydrogen (secondary N) is 1. The molecule has 2 rings (SSSR count). The number of piperidine rings is 1. The molecule has 1 heterocycles. The van der Waals surface area contributed by atoms with Crippen molar-refractivity contribution < 1.29 is 23.9 Å². The molecule has 0 unspecified atom stereocenters. The number of carboxylic acids is 1. The minimum Gasteiger partial charge on any atom is -0.481 e. The van der Waals surface area contributed by atoms with Crippen LogP contribution in [0.5, 0.6) is 0 Å². The van der Waals surface area contributed by atoms with Gasteiger partial charge in [-0.1, -0.05) is 0 Å². The first-order valence-electron chi connectivity index (χ1n) is 7.51. The van der Waals surface area contributed by atoms with Crippen molar-refractivity contribution >= 4 is 17.8 Å². The first kappa shape index (κ1) is 16.9. The number of nitrogens with zero attached hydrogens (tertiary/aromatic N) is 1. The van der Waals surface area contributed by atoms with Crippen LogP contribution < -0.4 is 5.32 Å². The van der Waals surface area contributed by atoms with Gasteiger partial charge < -0.3 is 15.3 Å². The van der Waals surface area contributed by atoms with Crippen molar-refractivity contribution in [1.29, 1.82) is 0 Å². The third kappa shape index (κ3) is 4.77. The number of aliphatic carboxylic acids is 1. The van der Waals surface area contributed by atoms with Gasteiger partial charge in [-0.3, -0.25) is 14.4 Å². The van der Waals surface area contributed by atoms with Crippen molar-refractivity contribution in [3.63, 3.8) is 0 Å². The Hall–Kier alpha value is -2.44. The summed E-state index contributed by atoms with van der Waals surface area (Å²) in [6.45, 7) is 0.928. The number of rotatable bonds is 5. The van der Waals surface area contributed by atoms with Gasteiger partial charge in [0.05, 0.1) is 5.92 Å². The Bertz CT molecular complexity index is 588. The second kappa shape index (κ2) is 7.71. The molecular formula is C16H19FN2O4. The Balaban J connectivity index is 1.77. The zero-order valence-corrected chi connectivity index (χ0v) is 12.6. The largest absolute Gasteiger partial charge is 0.481 e. The van der Waals surface area contributed by atoms with E-state index in [2.05, 4.69) is 5.32 Å². The average molecular weight is 322 g/mol. The van der Waals surface area contributed by atoms with Gasteiger partial charge in [0.2, 0.25) is 5.91 Å². The van der Waals surface area contributed by atoms with E-state index in [0.717, 1.165) is 0 Å². The van der Waals surface area contributed by atoms with Crippen LogP contribution in [-0.2, 0) is 9.59 Å². The van der Waals surface area contributed by atoms with Crippen molar-refractivity contribution in [2.45, 2.75) is 19.3 Å². The first-order valence-corrected chi connectivity index (χ1v) is 7.51. The fraction of sp³-hybridized carbons (Fsp3) is 0.438. The van der Waals surface area contributed by atoms with Crippen molar-refractivity contribution in [3.8, 4) is 0 Å². The molecule has 2 N–H and O–H groups in total. The van der Waals surface area contributed by atoms with E-state index in [1.165, 1.54) is 29.2 Å². The number of likely N-dealkylation sites (tertiary alicyclic amines) is 1. The molecule has 1 aliphatic heterocycles. The lowest BCUT2D eigenvalue weighted by Crippen LogP contribution is -2.43. The van der Waals surface area contributed by atoms with Crippen LogP contribution in [0.1, 0.15) is 29.6 Å². The van der Waals surface area contributed by atoms with Gasteiger partial charge in [-0.25, -0.2) is 4.39 Å². The van der Waals surface area contributed by atoms with Gasteiger partial charge in [-0.2, -0.15) is 0 Å². The summed E-state index contributed by atoms with van der Waals surface area (Å²) in [7, 11) is 0. The summed E-state index contributed by atoms with van der Waals surface area (Å²) >= 11 is 0. The molecule has 23 heavy (non-hydrogen) atoms. The predicted molar refractivity (Wildman–Crippen MR) is 80.3 cm³/mol. The molecule has 1 aromatic rings. The number of carbonyl (C=O) groups excluding carboxylic acids is 2. The van der Waals surface area contributed by atoms with E-state index in [0.29, 0.717) is 24.9 Å². The molecular weight excluding hydrogens is 303 g/mol. The molecule has 1 fully saturated rings. The van der Waals surface area contributed by atoms with Gasteiger partial charge in [0.15, 0.2) is 0 Å². The summed E-state index contributed by atoms with van der Waals surface area (Å²) in [5.41, 5.74) is 0.322. The van der Waals surface area contributed by atoms with Crippen LogP contribution in [0.4, 0.5) is 4.39 Å².